The number of likely N-dealkylation sites (N-methyl/N-ethyl adjacent to an activating group) is 1. The first-order chi connectivity index (χ1) is 8.31. The maximum atomic E-state index is 10.3. The Morgan fingerprint density at radius 3 is 2.06 bits per heavy atom. The van der Waals surface area contributed by atoms with Crippen LogP contribution in [0.15, 0.2) is 0 Å². The van der Waals surface area contributed by atoms with Gasteiger partial charge in [-0.25, -0.2) is 0 Å². The number of nitrogens with zero attached hydrogens (tertiary/aromatic N) is 3. The van der Waals surface area contributed by atoms with Crippen LogP contribution in [0.2, 0.25) is 0 Å². The van der Waals surface area contributed by atoms with Gasteiger partial charge in [-0.15, -0.1) is 0 Å². The van der Waals surface area contributed by atoms with Gasteiger partial charge in [0.2, 0.25) is 0 Å². The molecule has 1 atom stereocenters. The molecule has 0 radical (unpaired) electrons. The van der Waals surface area contributed by atoms with Gasteiger partial charge in [0, 0.05) is 45.8 Å². The van der Waals surface area contributed by atoms with E-state index in [0.29, 0.717) is 5.92 Å². The van der Waals surface area contributed by atoms with Crippen molar-refractivity contribution in [2.24, 2.45) is 5.92 Å². The van der Waals surface area contributed by atoms with Gasteiger partial charge in [-0.2, -0.15) is 0 Å². The van der Waals surface area contributed by atoms with Crippen LogP contribution < -0.4 is 0 Å². The molecule has 1 unspecified atom stereocenters. The van der Waals surface area contributed by atoms with Gasteiger partial charge in [0.1, 0.15) is 0 Å². The maximum absolute atomic E-state index is 10.3. The van der Waals surface area contributed by atoms with Crippen LogP contribution in [-0.2, 0) is 0 Å². The molecule has 1 aliphatic rings. The third kappa shape index (κ3) is 5.22. The SMILES string of the molecule is CC(C)C(C)(O)CN1CCN(CCN(C)C)CC1. The average molecular weight is 257 g/mol. The first kappa shape index (κ1) is 15.9. The number of β-amino-alcohol motifs (C(OH)–C–C–N with tert-alkyl or cyclic N) is 1. The van der Waals surface area contributed by atoms with E-state index in [0.717, 1.165) is 45.8 Å². The predicted octanol–water partition coefficient (Wildman–Crippen LogP) is 0.573. The molecule has 0 amide bonds. The van der Waals surface area contributed by atoms with E-state index in [-0.39, 0.29) is 0 Å². The number of rotatable bonds is 6. The van der Waals surface area contributed by atoms with E-state index in [1.54, 1.807) is 0 Å². The fourth-order valence-electron chi connectivity index (χ4n) is 2.15. The highest BCUT2D eigenvalue weighted by Gasteiger charge is 2.29. The molecular formula is C14H31N3O. The van der Waals surface area contributed by atoms with Crippen molar-refractivity contribution in [1.82, 2.24) is 14.7 Å². The Morgan fingerprint density at radius 2 is 1.61 bits per heavy atom. The fourth-order valence-corrected chi connectivity index (χ4v) is 2.15. The van der Waals surface area contributed by atoms with Crippen LogP contribution in [0.5, 0.6) is 0 Å². The van der Waals surface area contributed by atoms with Crippen LogP contribution >= 0.6 is 0 Å². The van der Waals surface area contributed by atoms with Crippen LogP contribution in [0.3, 0.4) is 0 Å². The Bertz CT molecular complexity index is 233. The first-order valence-corrected chi connectivity index (χ1v) is 7.13. The molecule has 0 aliphatic carbocycles. The Labute approximate surface area is 113 Å². The molecule has 0 aromatic heterocycles. The van der Waals surface area contributed by atoms with Crippen molar-refractivity contribution in [3.05, 3.63) is 0 Å². The summed E-state index contributed by atoms with van der Waals surface area (Å²) >= 11 is 0. The summed E-state index contributed by atoms with van der Waals surface area (Å²) in [6.45, 7) is 13.6. The van der Waals surface area contributed by atoms with Crippen molar-refractivity contribution in [2.45, 2.75) is 26.4 Å². The molecule has 1 rings (SSSR count). The molecular weight excluding hydrogens is 226 g/mol. The van der Waals surface area contributed by atoms with Crippen LogP contribution in [0.25, 0.3) is 0 Å². The summed E-state index contributed by atoms with van der Waals surface area (Å²) in [5.41, 5.74) is -0.564. The van der Waals surface area contributed by atoms with E-state index in [1.807, 2.05) is 6.92 Å². The highest BCUT2D eigenvalue weighted by Crippen LogP contribution is 2.18. The second-order valence-corrected chi connectivity index (χ2v) is 6.43. The number of piperazine rings is 1. The van der Waals surface area contributed by atoms with Crippen LogP contribution in [0, 0.1) is 5.92 Å². The average Bonchev–Trinajstić information content (AvgIpc) is 2.27. The van der Waals surface area contributed by atoms with Crippen molar-refractivity contribution in [1.29, 1.82) is 0 Å². The molecule has 0 aromatic carbocycles. The van der Waals surface area contributed by atoms with Gasteiger partial charge in [0.05, 0.1) is 5.60 Å². The Hall–Kier alpha value is -0.160. The van der Waals surface area contributed by atoms with Gasteiger partial charge in [0.15, 0.2) is 0 Å². The van der Waals surface area contributed by atoms with Gasteiger partial charge in [-0.05, 0) is 26.9 Å². The van der Waals surface area contributed by atoms with E-state index < -0.39 is 5.60 Å². The third-order valence-corrected chi connectivity index (χ3v) is 4.12. The fraction of sp³-hybridized carbons (Fsp3) is 1.00. The van der Waals surface area contributed by atoms with Crippen molar-refractivity contribution < 1.29 is 5.11 Å². The molecule has 0 aromatic rings. The Morgan fingerprint density at radius 1 is 1.11 bits per heavy atom. The van der Waals surface area contributed by atoms with Crippen molar-refractivity contribution in [3.8, 4) is 0 Å². The topological polar surface area (TPSA) is 30.0 Å². The minimum atomic E-state index is -0.564. The van der Waals surface area contributed by atoms with Crippen LogP contribution in [-0.4, -0.2) is 85.3 Å². The molecule has 0 spiro atoms. The van der Waals surface area contributed by atoms with Gasteiger partial charge in [-0.3, -0.25) is 9.80 Å². The van der Waals surface area contributed by atoms with Gasteiger partial charge in [0.25, 0.3) is 0 Å². The summed E-state index contributed by atoms with van der Waals surface area (Å²) in [7, 11) is 4.24. The molecule has 1 fully saturated rings. The zero-order chi connectivity index (χ0) is 13.8. The summed E-state index contributed by atoms with van der Waals surface area (Å²) in [5.74, 6) is 0.310. The van der Waals surface area contributed by atoms with E-state index in [9.17, 15) is 5.11 Å². The molecule has 0 saturated carbocycles. The third-order valence-electron chi connectivity index (χ3n) is 4.12. The molecule has 108 valence electrons. The lowest BCUT2D eigenvalue weighted by atomic mass is 9.92. The van der Waals surface area contributed by atoms with Crippen LogP contribution in [0.4, 0.5) is 0 Å². The Kier molecular flexibility index (Phi) is 6.05. The Balaban J connectivity index is 2.27. The molecule has 18 heavy (non-hydrogen) atoms. The van der Waals surface area contributed by atoms with Crippen LogP contribution in [0.1, 0.15) is 20.8 Å². The zero-order valence-electron chi connectivity index (χ0n) is 12.8. The molecule has 4 nitrogen and oxygen atoms in total. The minimum Gasteiger partial charge on any atom is -0.389 e. The van der Waals surface area contributed by atoms with Gasteiger partial charge in [-0.1, -0.05) is 13.8 Å². The standard InChI is InChI=1S/C14H31N3O/c1-13(2)14(3,18)12-17-10-8-16(9-11-17)7-6-15(4)5/h13,18H,6-12H2,1-5H3. The quantitative estimate of drug-likeness (QED) is 0.754. The largest absolute Gasteiger partial charge is 0.389 e. The highest BCUT2D eigenvalue weighted by atomic mass is 16.3. The zero-order valence-corrected chi connectivity index (χ0v) is 12.8. The van der Waals surface area contributed by atoms with E-state index >= 15 is 0 Å². The summed E-state index contributed by atoms with van der Waals surface area (Å²) < 4.78 is 0. The molecule has 4 heteroatoms. The summed E-state index contributed by atoms with van der Waals surface area (Å²) in [6.07, 6.45) is 0. The summed E-state index contributed by atoms with van der Waals surface area (Å²) in [4.78, 5) is 7.14. The van der Waals surface area contributed by atoms with E-state index in [4.69, 9.17) is 0 Å². The lowest BCUT2D eigenvalue weighted by Gasteiger charge is -2.39. The van der Waals surface area contributed by atoms with Crippen molar-refractivity contribution >= 4 is 0 Å². The lowest BCUT2D eigenvalue weighted by Crippen LogP contribution is -2.53. The van der Waals surface area contributed by atoms with Crippen molar-refractivity contribution in [2.75, 3.05) is 59.9 Å². The van der Waals surface area contributed by atoms with Gasteiger partial charge >= 0.3 is 0 Å². The number of aliphatic hydroxyl groups is 1. The number of hydrogen-bond donors (Lipinski definition) is 1. The smallest absolute Gasteiger partial charge is 0.0768 e. The van der Waals surface area contributed by atoms with Gasteiger partial charge < -0.3 is 10.0 Å². The predicted molar refractivity (Wildman–Crippen MR) is 76.9 cm³/mol. The maximum Gasteiger partial charge on any atom is 0.0768 e. The molecule has 1 aliphatic heterocycles. The van der Waals surface area contributed by atoms with E-state index in [2.05, 4.69) is 42.6 Å². The molecule has 0 bridgehead atoms. The minimum absolute atomic E-state index is 0.310. The highest BCUT2D eigenvalue weighted by molar-refractivity contribution is 4.83. The summed E-state index contributed by atoms with van der Waals surface area (Å²) in [6, 6.07) is 0. The summed E-state index contributed by atoms with van der Waals surface area (Å²) in [5, 5.41) is 10.3. The van der Waals surface area contributed by atoms with E-state index in [1.165, 1.54) is 0 Å². The normalized spacial score (nSPS) is 22.7. The lowest BCUT2D eigenvalue weighted by molar-refractivity contribution is -0.0292. The van der Waals surface area contributed by atoms with Crippen molar-refractivity contribution in [3.63, 3.8) is 0 Å². The second-order valence-electron chi connectivity index (χ2n) is 6.43. The molecule has 1 N–H and O–H groups in total. The molecule has 1 heterocycles. The number of hydrogen-bond acceptors (Lipinski definition) is 4. The first-order valence-electron chi connectivity index (χ1n) is 7.13. The molecule has 1 saturated heterocycles. The monoisotopic (exact) mass is 257 g/mol. The second kappa shape index (κ2) is 6.85.